The van der Waals surface area contributed by atoms with Crippen molar-refractivity contribution >= 4 is 78.5 Å². The van der Waals surface area contributed by atoms with Crippen molar-refractivity contribution in [3.63, 3.8) is 0 Å². The van der Waals surface area contributed by atoms with E-state index in [0.29, 0.717) is 82.0 Å². The van der Waals surface area contributed by atoms with Gasteiger partial charge in [-0.05, 0) is 97.8 Å². The molecule has 3 fully saturated rings. The van der Waals surface area contributed by atoms with Gasteiger partial charge in [-0.1, -0.05) is 36.4 Å². The molecule has 0 amide bonds. The molecule has 0 unspecified atom stereocenters. The Bertz CT molecular complexity index is 3340. The van der Waals surface area contributed by atoms with Crippen molar-refractivity contribution in [3.05, 3.63) is 133 Å². The Hall–Kier alpha value is -7.31. The number of furan rings is 1. The molecule has 71 heavy (non-hydrogen) atoms. The molecule has 0 saturated carbocycles. The second kappa shape index (κ2) is 19.5. The summed E-state index contributed by atoms with van der Waals surface area (Å²) in [6.45, 7) is 4.27. The standard InChI is InChI=1S/C19H17FN4O.C19H17FN4S.C15H15FN4S/c2*20-14-5-8-23(9-6-14)18-7-10-24-12-15(21-19(24)22-18)17-11-13-3-1-2-4-16(13)25-17;16-12-1-5-19(6-2-12)14-3-7-20-9-13(17-15(20)18-14)11-4-8-21-10-11/h2*1-4,7,10-12,14H,5-6,8-9H2;3-4,7-10,12H,1-2,5-6H2. The van der Waals surface area contributed by atoms with Crippen molar-refractivity contribution < 1.29 is 17.6 Å². The highest BCUT2D eigenvalue weighted by atomic mass is 32.1. The lowest BCUT2D eigenvalue weighted by atomic mass is 10.1. The number of halogens is 3. The number of hydrogen-bond acceptors (Lipinski definition) is 12. The molecule has 3 aliphatic rings. The molecule has 18 heteroatoms. The van der Waals surface area contributed by atoms with Crippen LogP contribution in [0.5, 0.6) is 0 Å². The second-order valence-electron chi connectivity index (χ2n) is 18.2. The summed E-state index contributed by atoms with van der Waals surface area (Å²) < 4.78 is 52.8. The van der Waals surface area contributed by atoms with Crippen molar-refractivity contribution in [2.45, 2.75) is 57.0 Å². The van der Waals surface area contributed by atoms with Crippen molar-refractivity contribution in [1.29, 1.82) is 0 Å². The Kier molecular flexibility index (Phi) is 12.3. The molecule has 0 aliphatic carbocycles. The monoisotopic (exact) mass is 990 g/mol. The first-order chi connectivity index (χ1) is 34.8. The number of benzene rings is 2. The fraction of sp³-hybridized carbons (Fsp3) is 0.283. The number of anilines is 3. The summed E-state index contributed by atoms with van der Waals surface area (Å²) in [4.78, 5) is 35.4. The molecule has 13 nitrogen and oxygen atoms in total. The highest BCUT2D eigenvalue weighted by molar-refractivity contribution is 7.22. The van der Waals surface area contributed by atoms with Gasteiger partial charge in [-0.25, -0.2) is 28.1 Å². The number of hydrogen-bond donors (Lipinski definition) is 0. The largest absolute Gasteiger partial charge is 0.454 e. The smallest absolute Gasteiger partial charge is 0.236 e. The maximum Gasteiger partial charge on any atom is 0.236 e. The molecule has 0 atom stereocenters. The van der Waals surface area contributed by atoms with Crippen molar-refractivity contribution in [2.75, 3.05) is 54.0 Å². The van der Waals surface area contributed by atoms with Crippen LogP contribution in [0.1, 0.15) is 38.5 Å². The zero-order chi connectivity index (χ0) is 47.8. The quantitative estimate of drug-likeness (QED) is 0.160. The van der Waals surface area contributed by atoms with Crippen LogP contribution < -0.4 is 14.7 Å². The highest BCUT2D eigenvalue weighted by Gasteiger charge is 2.23. The van der Waals surface area contributed by atoms with Crippen molar-refractivity contribution in [2.24, 2.45) is 0 Å². The van der Waals surface area contributed by atoms with Gasteiger partial charge in [0, 0.05) is 97.5 Å². The van der Waals surface area contributed by atoms with Crippen LogP contribution in [0.3, 0.4) is 0 Å². The van der Waals surface area contributed by atoms with Crippen LogP contribution in [0.15, 0.2) is 137 Å². The normalized spacial score (nSPS) is 16.3. The molecule has 11 aromatic rings. The number of thiophene rings is 2. The van der Waals surface area contributed by atoms with Gasteiger partial charge in [0.1, 0.15) is 52.9 Å². The fourth-order valence-electron chi connectivity index (χ4n) is 9.35. The molecule has 14 rings (SSSR count). The number of fused-ring (bicyclic) bond motifs is 5. The minimum atomic E-state index is -0.689. The van der Waals surface area contributed by atoms with Crippen molar-refractivity contribution in [3.8, 4) is 33.3 Å². The van der Waals surface area contributed by atoms with Gasteiger partial charge in [0.15, 0.2) is 5.76 Å². The zero-order valence-corrected chi connectivity index (χ0v) is 40.3. The van der Waals surface area contributed by atoms with Crippen LogP contribution in [0.25, 0.3) is 71.7 Å². The molecule has 12 heterocycles. The molecular formula is C53H49F3N12OS2. The van der Waals surface area contributed by atoms with Gasteiger partial charge in [0.25, 0.3) is 0 Å². The predicted octanol–water partition coefficient (Wildman–Crippen LogP) is 12.0. The van der Waals surface area contributed by atoms with E-state index < -0.39 is 18.5 Å². The van der Waals surface area contributed by atoms with Crippen LogP contribution in [-0.4, -0.2) is 101 Å². The van der Waals surface area contributed by atoms with Crippen LogP contribution in [0.2, 0.25) is 0 Å². The van der Waals surface area contributed by atoms with Crippen molar-refractivity contribution in [1.82, 2.24) is 43.1 Å². The van der Waals surface area contributed by atoms with Gasteiger partial charge in [-0.3, -0.25) is 13.2 Å². The van der Waals surface area contributed by atoms with Gasteiger partial charge in [0.05, 0.1) is 10.6 Å². The topological polar surface area (TPSA) is 113 Å². The van der Waals surface area contributed by atoms with E-state index >= 15 is 0 Å². The Morgan fingerprint density at radius 2 is 0.972 bits per heavy atom. The third kappa shape index (κ3) is 9.65. The summed E-state index contributed by atoms with van der Waals surface area (Å²) >= 11 is 3.40. The summed E-state index contributed by atoms with van der Waals surface area (Å²) in [5, 5.41) is 6.41. The van der Waals surface area contributed by atoms with E-state index in [1.54, 1.807) is 22.7 Å². The number of nitrogens with zero attached hydrogens (tertiary/aromatic N) is 12. The maximum absolute atomic E-state index is 13.3. The summed E-state index contributed by atoms with van der Waals surface area (Å²) in [6, 6.07) is 28.4. The van der Waals surface area contributed by atoms with Crippen LogP contribution in [0, 0.1) is 0 Å². The molecule has 0 N–H and O–H groups in total. The summed E-state index contributed by atoms with van der Waals surface area (Å²) in [6.07, 6.45) is 13.2. The molecule has 3 saturated heterocycles. The molecule has 0 bridgehead atoms. The average Bonchev–Trinajstić information content (AvgIpc) is 4.27. The zero-order valence-electron chi connectivity index (χ0n) is 38.6. The van der Waals surface area contributed by atoms with Crippen LogP contribution in [0.4, 0.5) is 30.6 Å². The molecule has 3 aliphatic heterocycles. The lowest BCUT2D eigenvalue weighted by molar-refractivity contribution is 0.276. The van der Waals surface area contributed by atoms with E-state index in [9.17, 15) is 13.2 Å². The molecule has 360 valence electrons. The Balaban J connectivity index is 0.000000110. The minimum Gasteiger partial charge on any atom is -0.454 e. The lowest BCUT2D eigenvalue weighted by Crippen LogP contribution is -2.34. The first-order valence-corrected chi connectivity index (χ1v) is 25.8. The van der Waals surface area contributed by atoms with Gasteiger partial charge >= 0.3 is 0 Å². The molecule has 9 aromatic heterocycles. The molecule has 2 aromatic carbocycles. The lowest BCUT2D eigenvalue weighted by Gasteiger charge is -2.29. The van der Waals surface area contributed by atoms with Gasteiger partial charge in [0.2, 0.25) is 17.3 Å². The third-order valence-corrected chi connectivity index (χ3v) is 15.2. The number of piperidine rings is 3. The third-order valence-electron chi connectivity index (χ3n) is 13.4. The average molecular weight is 991 g/mol. The van der Waals surface area contributed by atoms with Gasteiger partial charge in [-0.15, -0.1) is 11.3 Å². The number of para-hydroxylation sites is 1. The minimum absolute atomic E-state index is 0.561. The van der Waals surface area contributed by atoms with E-state index in [0.717, 1.165) is 74.8 Å². The van der Waals surface area contributed by atoms with Gasteiger partial charge in [-0.2, -0.15) is 26.3 Å². The Morgan fingerprint density at radius 3 is 1.49 bits per heavy atom. The van der Waals surface area contributed by atoms with E-state index in [2.05, 4.69) is 81.4 Å². The second-order valence-corrected chi connectivity index (χ2v) is 20.0. The number of alkyl halides is 3. The highest BCUT2D eigenvalue weighted by Crippen LogP contribution is 2.34. The number of imidazole rings is 3. The molecule has 0 radical (unpaired) electrons. The van der Waals surface area contributed by atoms with Gasteiger partial charge < -0.3 is 19.1 Å². The maximum atomic E-state index is 13.3. The predicted molar refractivity (Wildman–Crippen MR) is 277 cm³/mol. The Morgan fingerprint density at radius 1 is 0.493 bits per heavy atom. The summed E-state index contributed by atoms with van der Waals surface area (Å²) in [5.41, 5.74) is 4.59. The van der Waals surface area contributed by atoms with E-state index in [1.807, 2.05) is 104 Å². The van der Waals surface area contributed by atoms with Crippen LogP contribution in [-0.2, 0) is 0 Å². The Labute approximate surface area is 414 Å². The molecule has 0 spiro atoms. The number of rotatable bonds is 6. The summed E-state index contributed by atoms with van der Waals surface area (Å²) in [7, 11) is 0. The number of aromatic nitrogens is 9. The SMILES string of the molecule is FC1CCN(c2ccn3cc(-c4cc5ccccc5o4)nc3n2)CC1.FC1CCN(c2ccn3cc(-c4cc5ccccc5s4)nc3n2)CC1.FC1CCN(c2ccn3cc(-c4ccsc4)nc3n2)CC1. The fourth-order valence-corrected chi connectivity index (χ4v) is 11.0. The van der Waals surface area contributed by atoms with Crippen LogP contribution >= 0.6 is 22.7 Å². The first-order valence-electron chi connectivity index (χ1n) is 24.1. The van der Waals surface area contributed by atoms with E-state index in [4.69, 9.17) is 9.40 Å². The molecular weight excluding hydrogens is 942 g/mol. The van der Waals surface area contributed by atoms with E-state index in [1.165, 1.54) is 10.1 Å². The first kappa shape index (κ1) is 44.9. The summed E-state index contributed by atoms with van der Waals surface area (Å²) in [5.74, 6) is 5.34. The van der Waals surface area contributed by atoms with E-state index in [-0.39, 0.29) is 0 Å².